The van der Waals surface area contributed by atoms with Crippen molar-refractivity contribution >= 4 is 39.3 Å². The molecule has 0 atom stereocenters. The first-order valence-corrected chi connectivity index (χ1v) is 6.84. The minimum atomic E-state index is -0.221. The zero-order valence-corrected chi connectivity index (χ0v) is 12.8. The van der Waals surface area contributed by atoms with Gasteiger partial charge in [0.1, 0.15) is 5.82 Å². The fourth-order valence-corrected chi connectivity index (χ4v) is 2.63. The first-order chi connectivity index (χ1) is 8.95. The van der Waals surface area contributed by atoms with E-state index in [2.05, 4.69) is 26.2 Å². The molecular formula is C14H12BrClN2O. The summed E-state index contributed by atoms with van der Waals surface area (Å²) in [7, 11) is 0. The van der Waals surface area contributed by atoms with Crippen LogP contribution >= 0.6 is 27.5 Å². The number of anilines is 1. The Hall–Kier alpha value is -1.39. The molecule has 1 amide bonds. The summed E-state index contributed by atoms with van der Waals surface area (Å²) in [5.74, 6) is 0.324. The number of hydrogen-bond donors (Lipinski definition) is 1. The Bertz CT molecular complexity index is 623. The van der Waals surface area contributed by atoms with Gasteiger partial charge in [-0.3, -0.25) is 4.79 Å². The van der Waals surface area contributed by atoms with Crippen molar-refractivity contribution in [2.24, 2.45) is 0 Å². The number of aryl methyl sites for hydroxylation is 2. The molecule has 1 heterocycles. The molecule has 19 heavy (non-hydrogen) atoms. The number of hydrogen-bond acceptors (Lipinski definition) is 2. The van der Waals surface area contributed by atoms with Crippen LogP contribution in [0.1, 0.15) is 21.6 Å². The molecule has 0 aliphatic heterocycles. The van der Waals surface area contributed by atoms with Crippen LogP contribution in [-0.4, -0.2) is 10.9 Å². The van der Waals surface area contributed by atoms with Gasteiger partial charge in [-0.05, 0) is 65.7 Å². The van der Waals surface area contributed by atoms with Crippen LogP contribution < -0.4 is 5.32 Å². The Labute approximate surface area is 125 Å². The predicted molar refractivity (Wildman–Crippen MR) is 80.8 cm³/mol. The molecule has 0 unspecified atom stereocenters. The van der Waals surface area contributed by atoms with Crippen LogP contribution in [0.3, 0.4) is 0 Å². The fourth-order valence-electron chi connectivity index (χ4n) is 1.76. The maximum absolute atomic E-state index is 12.1. The summed E-state index contributed by atoms with van der Waals surface area (Å²) in [6.45, 7) is 3.85. The summed E-state index contributed by atoms with van der Waals surface area (Å²) >= 11 is 9.17. The Balaban J connectivity index is 2.25. The average Bonchev–Trinajstić information content (AvgIpc) is 2.26. The SMILES string of the molecule is Cc1cc(C)nc(NC(=O)c2ccc(Cl)cc2Br)c1. The third-order valence-electron chi connectivity index (χ3n) is 2.52. The zero-order chi connectivity index (χ0) is 14.0. The van der Waals surface area contributed by atoms with Gasteiger partial charge in [0.25, 0.3) is 5.91 Å². The van der Waals surface area contributed by atoms with Crippen LogP contribution in [0.25, 0.3) is 0 Å². The van der Waals surface area contributed by atoms with Gasteiger partial charge in [0.15, 0.2) is 0 Å². The van der Waals surface area contributed by atoms with E-state index in [-0.39, 0.29) is 5.91 Å². The highest BCUT2D eigenvalue weighted by atomic mass is 79.9. The molecule has 0 aliphatic carbocycles. The molecule has 0 aliphatic rings. The molecule has 98 valence electrons. The standard InChI is InChI=1S/C14H12BrClN2O/c1-8-5-9(2)17-13(6-8)18-14(19)11-4-3-10(16)7-12(11)15/h3-7H,1-2H3,(H,17,18,19). The van der Waals surface area contributed by atoms with Crippen molar-refractivity contribution in [2.75, 3.05) is 5.32 Å². The minimum Gasteiger partial charge on any atom is -0.307 e. The quantitative estimate of drug-likeness (QED) is 0.883. The third kappa shape index (κ3) is 3.55. The van der Waals surface area contributed by atoms with Gasteiger partial charge < -0.3 is 5.32 Å². The largest absolute Gasteiger partial charge is 0.307 e. The molecule has 0 fully saturated rings. The van der Waals surface area contributed by atoms with Crippen molar-refractivity contribution < 1.29 is 4.79 Å². The van der Waals surface area contributed by atoms with Crippen molar-refractivity contribution in [1.29, 1.82) is 0 Å². The molecule has 2 rings (SSSR count). The van der Waals surface area contributed by atoms with E-state index >= 15 is 0 Å². The van der Waals surface area contributed by atoms with Crippen molar-refractivity contribution in [1.82, 2.24) is 4.98 Å². The molecule has 1 aromatic carbocycles. The first-order valence-electron chi connectivity index (χ1n) is 5.67. The molecule has 1 aromatic heterocycles. The lowest BCUT2D eigenvalue weighted by Gasteiger charge is -2.08. The normalized spacial score (nSPS) is 10.3. The summed E-state index contributed by atoms with van der Waals surface area (Å²) in [6.07, 6.45) is 0. The molecule has 0 saturated heterocycles. The summed E-state index contributed by atoms with van der Waals surface area (Å²) in [5, 5.41) is 3.35. The van der Waals surface area contributed by atoms with Gasteiger partial charge in [-0.15, -0.1) is 0 Å². The lowest BCUT2D eigenvalue weighted by atomic mass is 10.2. The summed E-state index contributed by atoms with van der Waals surface area (Å²) in [4.78, 5) is 16.4. The van der Waals surface area contributed by atoms with Crippen molar-refractivity contribution in [2.45, 2.75) is 13.8 Å². The van der Waals surface area contributed by atoms with Crippen molar-refractivity contribution in [3.63, 3.8) is 0 Å². The third-order valence-corrected chi connectivity index (χ3v) is 3.41. The van der Waals surface area contributed by atoms with E-state index in [0.717, 1.165) is 11.3 Å². The summed E-state index contributed by atoms with van der Waals surface area (Å²) in [5.41, 5.74) is 2.44. The number of carbonyl (C=O) groups excluding carboxylic acids is 1. The van der Waals surface area contributed by atoms with E-state index in [1.807, 2.05) is 26.0 Å². The molecule has 3 nitrogen and oxygen atoms in total. The van der Waals surface area contributed by atoms with Gasteiger partial charge in [0.05, 0.1) is 5.56 Å². The van der Waals surface area contributed by atoms with Gasteiger partial charge in [-0.25, -0.2) is 4.98 Å². The highest BCUT2D eigenvalue weighted by molar-refractivity contribution is 9.10. The second kappa shape index (κ2) is 5.72. The maximum Gasteiger partial charge on any atom is 0.257 e. The second-order valence-electron chi connectivity index (χ2n) is 4.25. The Morgan fingerprint density at radius 2 is 2.00 bits per heavy atom. The summed E-state index contributed by atoms with van der Waals surface area (Å²) < 4.78 is 0.655. The van der Waals surface area contributed by atoms with Gasteiger partial charge in [-0.2, -0.15) is 0 Å². The Kier molecular flexibility index (Phi) is 4.22. The molecule has 0 bridgehead atoms. The number of aromatic nitrogens is 1. The van der Waals surface area contributed by atoms with Crippen LogP contribution in [0.4, 0.5) is 5.82 Å². The molecule has 0 saturated carbocycles. The van der Waals surface area contributed by atoms with Crippen LogP contribution in [-0.2, 0) is 0 Å². The first kappa shape index (κ1) is 14.0. The number of carbonyl (C=O) groups is 1. The highest BCUT2D eigenvalue weighted by Crippen LogP contribution is 2.22. The maximum atomic E-state index is 12.1. The number of benzene rings is 1. The van der Waals surface area contributed by atoms with Crippen LogP contribution in [0, 0.1) is 13.8 Å². The molecular weight excluding hydrogens is 328 g/mol. The van der Waals surface area contributed by atoms with E-state index < -0.39 is 0 Å². The van der Waals surface area contributed by atoms with Gasteiger partial charge in [0.2, 0.25) is 0 Å². The predicted octanol–water partition coefficient (Wildman–Crippen LogP) is 4.37. The molecule has 0 radical (unpaired) electrons. The van der Waals surface area contributed by atoms with Crippen molar-refractivity contribution in [3.05, 3.63) is 56.6 Å². The molecule has 2 aromatic rings. The number of amides is 1. The zero-order valence-electron chi connectivity index (χ0n) is 10.5. The second-order valence-corrected chi connectivity index (χ2v) is 5.54. The van der Waals surface area contributed by atoms with E-state index in [1.54, 1.807) is 18.2 Å². The van der Waals surface area contributed by atoms with Gasteiger partial charge in [-0.1, -0.05) is 11.6 Å². The van der Waals surface area contributed by atoms with Gasteiger partial charge >= 0.3 is 0 Å². The van der Waals surface area contributed by atoms with Crippen molar-refractivity contribution in [3.8, 4) is 0 Å². The highest BCUT2D eigenvalue weighted by Gasteiger charge is 2.11. The Morgan fingerprint density at radius 3 is 2.63 bits per heavy atom. The number of rotatable bonds is 2. The van der Waals surface area contributed by atoms with Crippen LogP contribution in [0.15, 0.2) is 34.8 Å². The number of halogens is 2. The van der Waals surface area contributed by atoms with Gasteiger partial charge in [0, 0.05) is 15.2 Å². The summed E-state index contributed by atoms with van der Waals surface area (Å²) in [6, 6.07) is 8.81. The number of pyridine rings is 1. The minimum absolute atomic E-state index is 0.221. The monoisotopic (exact) mass is 338 g/mol. The van der Waals surface area contributed by atoms with Crippen LogP contribution in [0.2, 0.25) is 5.02 Å². The number of nitrogens with one attached hydrogen (secondary N) is 1. The number of nitrogens with zero attached hydrogens (tertiary/aromatic N) is 1. The molecule has 5 heteroatoms. The van der Waals surface area contributed by atoms with Crippen LogP contribution in [0.5, 0.6) is 0 Å². The van der Waals surface area contributed by atoms with E-state index in [9.17, 15) is 4.79 Å². The molecule has 0 spiro atoms. The fraction of sp³-hybridized carbons (Fsp3) is 0.143. The molecule has 1 N–H and O–H groups in total. The topological polar surface area (TPSA) is 42.0 Å². The average molecular weight is 340 g/mol. The van der Waals surface area contributed by atoms with E-state index in [1.165, 1.54) is 0 Å². The van der Waals surface area contributed by atoms with E-state index in [4.69, 9.17) is 11.6 Å². The lowest BCUT2D eigenvalue weighted by Crippen LogP contribution is -2.14. The smallest absolute Gasteiger partial charge is 0.257 e. The Morgan fingerprint density at radius 1 is 1.26 bits per heavy atom. The lowest BCUT2D eigenvalue weighted by molar-refractivity contribution is 0.102. The van der Waals surface area contributed by atoms with E-state index in [0.29, 0.717) is 20.9 Å².